The molecular weight excluding hydrogens is 529 g/mol. The van der Waals surface area contributed by atoms with Crippen LogP contribution in [0.2, 0.25) is 0 Å². The molecule has 2 aliphatic rings. The average Bonchev–Trinajstić information content (AvgIpc) is 3.36. The van der Waals surface area contributed by atoms with Gasteiger partial charge in [0.1, 0.15) is 11.4 Å². The van der Waals surface area contributed by atoms with Crippen LogP contribution in [-0.2, 0) is 10.3 Å². The monoisotopic (exact) mass is 560 g/mol. The van der Waals surface area contributed by atoms with Crippen LogP contribution in [0.25, 0.3) is 11.5 Å². The normalized spacial score (nSPS) is 22.9. The van der Waals surface area contributed by atoms with Crippen molar-refractivity contribution in [1.29, 1.82) is 0 Å². The number of ether oxygens (including phenoxy) is 2. The molecular formula is C28H31F3N4O5. The predicted octanol–water partition coefficient (Wildman–Crippen LogP) is 4.07. The Hall–Kier alpha value is -3.48. The summed E-state index contributed by atoms with van der Waals surface area (Å²) >= 11 is 0. The number of aliphatic hydroxyl groups is 1. The van der Waals surface area contributed by atoms with Crippen LogP contribution < -0.4 is 4.74 Å². The number of hydrogen-bond acceptors (Lipinski definition) is 8. The van der Waals surface area contributed by atoms with Crippen molar-refractivity contribution >= 4 is 5.91 Å². The third-order valence-corrected chi connectivity index (χ3v) is 7.47. The minimum absolute atomic E-state index is 0.0789. The average molecular weight is 561 g/mol. The highest BCUT2D eigenvalue weighted by molar-refractivity contribution is 5.90. The van der Waals surface area contributed by atoms with Crippen molar-refractivity contribution in [2.75, 3.05) is 33.2 Å². The molecule has 1 aromatic heterocycles. The maximum Gasteiger partial charge on any atom is 0.573 e. The number of benzene rings is 2. The van der Waals surface area contributed by atoms with Crippen LogP contribution in [0.5, 0.6) is 5.75 Å². The van der Waals surface area contributed by atoms with E-state index in [9.17, 15) is 23.1 Å². The zero-order chi connectivity index (χ0) is 28.9. The van der Waals surface area contributed by atoms with Crippen LogP contribution in [0, 0.1) is 5.41 Å². The molecule has 40 heavy (non-hydrogen) atoms. The van der Waals surface area contributed by atoms with Gasteiger partial charge in [-0.2, -0.15) is 4.98 Å². The zero-order valence-corrected chi connectivity index (χ0v) is 22.6. The van der Waals surface area contributed by atoms with E-state index in [0.29, 0.717) is 42.9 Å². The summed E-state index contributed by atoms with van der Waals surface area (Å²) in [7, 11) is 1.92. The number of nitrogens with zero attached hydrogens (tertiary/aromatic N) is 4. The van der Waals surface area contributed by atoms with E-state index in [2.05, 4.69) is 14.9 Å². The van der Waals surface area contributed by atoms with E-state index in [1.165, 1.54) is 24.3 Å². The fourth-order valence-electron chi connectivity index (χ4n) is 5.93. The van der Waals surface area contributed by atoms with Crippen molar-refractivity contribution in [3.05, 3.63) is 65.5 Å². The fourth-order valence-corrected chi connectivity index (χ4v) is 5.93. The van der Waals surface area contributed by atoms with Crippen LogP contribution in [0.15, 0.2) is 53.1 Å². The SMILES string of the molecule is C[C@@H]1CN(C(=O)c2noc(-c3cccc([C@@](O)(c4ccc(OC(F)(F)F)cc4)C4(C)CN(C)C4)c3)n2)C[C@H](C)O1. The van der Waals surface area contributed by atoms with E-state index in [1.54, 1.807) is 29.2 Å². The summed E-state index contributed by atoms with van der Waals surface area (Å²) in [6.07, 6.45) is -5.05. The Morgan fingerprint density at radius 2 is 1.73 bits per heavy atom. The molecule has 2 fully saturated rings. The van der Waals surface area contributed by atoms with Crippen molar-refractivity contribution < 1.29 is 37.1 Å². The first-order chi connectivity index (χ1) is 18.8. The van der Waals surface area contributed by atoms with Gasteiger partial charge >= 0.3 is 6.36 Å². The van der Waals surface area contributed by atoms with Crippen LogP contribution in [-0.4, -0.2) is 82.8 Å². The van der Waals surface area contributed by atoms with Gasteiger partial charge in [-0.15, -0.1) is 13.2 Å². The van der Waals surface area contributed by atoms with Crippen molar-refractivity contribution in [3.63, 3.8) is 0 Å². The lowest BCUT2D eigenvalue weighted by Crippen LogP contribution is -2.63. The maximum absolute atomic E-state index is 13.0. The van der Waals surface area contributed by atoms with Gasteiger partial charge in [-0.3, -0.25) is 4.79 Å². The number of hydrogen-bond donors (Lipinski definition) is 1. The number of morpholine rings is 1. The summed E-state index contributed by atoms with van der Waals surface area (Å²) in [5, 5.41) is 16.2. The van der Waals surface area contributed by atoms with Gasteiger partial charge in [0.05, 0.1) is 12.2 Å². The summed E-state index contributed by atoms with van der Waals surface area (Å²) in [6, 6.07) is 12.1. The van der Waals surface area contributed by atoms with E-state index >= 15 is 0 Å². The van der Waals surface area contributed by atoms with Gasteiger partial charge in [0, 0.05) is 37.2 Å². The summed E-state index contributed by atoms with van der Waals surface area (Å²) < 4.78 is 53.3. The van der Waals surface area contributed by atoms with Gasteiger partial charge in [0.15, 0.2) is 0 Å². The third-order valence-electron chi connectivity index (χ3n) is 7.47. The number of carbonyl (C=O) groups is 1. The molecule has 0 unspecified atom stereocenters. The number of alkyl halides is 3. The van der Waals surface area contributed by atoms with Crippen molar-refractivity contribution in [1.82, 2.24) is 19.9 Å². The van der Waals surface area contributed by atoms with Crippen LogP contribution in [0.4, 0.5) is 13.2 Å². The van der Waals surface area contributed by atoms with E-state index < -0.39 is 17.4 Å². The summed E-state index contributed by atoms with van der Waals surface area (Å²) in [5.74, 6) is -0.720. The van der Waals surface area contributed by atoms with Crippen LogP contribution >= 0.6 is 0 Å². The molecule has 2 aliphatic heterocycles. The highest BCUT2D eigenvalue weighted by Crippen LogP contribution is 2.50. The van der Waals surface area contributed by atoms with Gasteiger partial charge < -0.3 is 28.9 Å². The Morgan fingerprint density at radius 1 is 1.07 bits per heavy atom. The molecule has 0 saturated carbocycles. The molecule has 0 bridgehead atoms. The van der Waals surface area contributed by atoms with Crippen molar-refractivity contribution in [2.45, 2.75) is 44.9 Å². The number of aromatic nitrogens is 2. The highest BCUT2D eigenvalue weighted by Gasteiger charge is 2.55. The van der Waals surface area contributed by atoms with E-state index in [1.807, 2.05) is 32.7 Å². The smallest absolute Gasteiger partial charge is 0.406 e. The molecule has 9 nitrogen and oxygen atoms in total. The first-order valence-electron chi connectivity index (χ1n) is 12.9. The Kier molecular flexibility index (Phi) is 7.13. The first-order valence-corrected chi connectivity index (χ1v) is 12.9. The number of likely N-dealkylation sites (tertiary alicyclic amines) is 1. The lowest BCUT2D eigenvalue weighted by Gasteiger charge is -2.56. The maximum atomic E-state index is 13.0. The Balaban J connectivity index is 1.47. The molecule has 214 valence electrons. The molecule has 3 heterocycles. The van der Waals surface area contributed by atoms with Gasteiger partial charge in [-0.25, -0.2) is 0 Å². The zero-order valence-electron chi connectivity index (χ0n) is 22.6. The highest BCUT2D eigenvalue weighted by atomic mass is 19.4. The molecule has 0 aliphatic carbocycles. The molecule has 1 N–H and O–H groups in total. The minimum Gasteiger partial charge on any atom is -0.406 e. The number of halogens is 3. The lowest BCUT2D eigenvalue weighted by atomic mass is 9.62. The van der Waals surface area contributed by atoms with Gasteiger partial charge in [-0.1, -0.05) is 36.3 Å². The summed E-state index contributed by atoms with van der Waals surface area (Å²) in [6.45, 7) is 7.62. The molecule has 2 saturated heterocycles. The van der Waals surface area contributed by atoms with Crippen molar-refractivity contribution in [3.8, 4) is 17.2 Å². The van der Waals surface area contributed by atoms with Crippen LogP contribution in [0.3, 0.4) is 0 Å². The molecule has 12 heteroatoms. The summed E-state index contributed by atoms with van der Waals surface area (Å²) in [4.78, 5) is 21.0. The van der Waals surface area contributed by atoms with Gasteiger partial charge in [0.2, 0.25) is 0 Å². The molecule has 5 rings (SSSR count). The predicted molar refractivity (Wildman–Crippen MR) is 137 cm³/mol. The van der Waals surface area contributed by atoms with Crippen molar-refractivity contribution in [2.24, 2.45) is 5.41 Å². The third kappa shape index (κ3) is 5.30. The second-order valence-electron chi connectivity index (χ2n) is 11.0. The first kappa shape index (κ1) is 28.1. The van der Waals surface area contributed by atoms with Gasteiger partial charge in [-0.05, 0) is 56.3 Å². The lowest BCUT2D eigenvalue weighted by molar-refractivity contribution is -0.274. The van der Waals surface area contributed by atoms with E-state index in [4.69, 9.17) is 9.26 Å². The molecule has 0 radical (unpaired) electrons. The summed E-state index contributed by atoms with van der Waals surface area (Å²) in [5.41, 5.74) is -0.851. The van der Waals surface area contributed by atoms with Gasteiger partial charge in [0.25, 0.3) is 17.6 Å². The molecule has 2 aromatic carbocycles. The van der Waals surface area contributed by atoms with E-state index in [0.717, 1.165) is 0 Å². The van der Waals surface area contributed by atoms with E-state index in [-0.39, 0.29) is 35.6 Å². The quantitative estimate of drug-likeness (QED) is 0.482. The minimum atomic E-state index is -4.82. The Bertz CT molecular complexity index is 1360. The Labute approximate surface area is 229 Å². The largest absolute Gasteiger partial charge is 0.573 e. The Morgan fingerprint density at radius 3 is 2.33 bits per heavy atom. The fraction of sp³-hybridized carbons (Fsp3) is 0.464. The second kappa shape index (κ2) is 10.2. The molecule has 3 aromatic rings. The second-order valence-corrected chi connectivity index (χ2v) is 11.0. The number of rotatable bonds is 6. The molecule has 3 atom stereocenters. The topological polar surface area (TPSA) is 101 Å². The molecule has 1 amide bonds. The number of amides is 1. The standard InChI is InChI=1S/C28H31F3N4O5/c1-17-13-35(14-18(2)38-17)25(36)23-32-24(40-33-23)19-6-5-7-21(12-19)27(37,26(3)15-34(4)16-26)20-8-10-22(11-9-20)39-28(29,30)31/h5-12,17-18,37H,13-16H2,1-4H3/t17-,18+,27-/m0/s1. The molecule has 0 spiro atoms. The van der Waals surface area contributed by atoms with Crippen LogP contribution in [0.1, 0.15) is 42.5 Å². The number of carbonyl (C=O) groups excluding carboxylic acids is 1.